The molecular formula is C6H13O9P. The summed E-state index contributed by atoms with van der Waals surface area (Å²) in [4.78, 5) is 17.0. The van der Waals surface area contributed by atoms with Crippen molar-refractivity contribution in [1.29, 1.82) is 0 Å². The van der Waals surface area contributed by atoms with E-state index in [-0.39, 0.29) is 0 Å². The van der Waals surface area contributed by atoms with Gasteiger partial charge in [0.05, 0.1) is 6.10 Å². The molecule has 5 atom stereocenters. The molecule has 0 bridgehead atoms. The van der Waals surface area contributed by atoms with Crippen LogP contribution in [0.5, 0.6) is 0 Å². The standard InChI is InChI=1S/C6H13O9P/c1-2-3(7)4(8)5(9)6(10,14-2)15-16(11,12)13/h2-5,7-10H,1H3,(H2,11,12,13)/t2-,3+,4+,5-,6-/m0/s1. The van der Waals surface area contributed by atoms with E-state index < -0.39 is 38.2 Å². The number of hydrogen-bond acceptors (Lipinski definition) is 7. The van der Waals surface area contributed by atoms with Crippen LogP contribution in [0.4, 0.5) is 0 Å². The van der Waals surface area contributed by atoms with E-state index in [4.69, 9.17) is 9.79 Å². The highest BCUT2D eigenvalue weighted by atomic mass is 31.2. The fraction of sp³-hybridized carbons (Fsp3) is 1.00. The Kier molecular flexibility index (Phi) is 3.75. The maximum Gasteiger partial charge on any atom is 0.474 e. The lowest BCUT2D eigenvalue weighted by molar-refractivity contribution is -0.421. The first kappa shape index (κ1) is 14.0. The molecule has 1 aliphatic rings. The third-order valence-corrected chi connectivity index (χ3v) is 2.63. The van der Waals surface area contributed by atoms with E-state index in [0.717, 1.165) is 0 Å². The zero-order valence-corrected chi connectivity index (χ0v) is 9.06. The van der Waals surface area contributed by atoms with Crippen molar-refractivity contribution in [3.8, 4) is 0 Å². The van der Waals surface area contributed by atoms with Crippen molar-refractivity contribution in [3.63, 3.8) is 0 Å². The average molecular weight is 260 g/mol. The lowest BCUT2D eigenvalue weighted by atomic mass is 9.99. The Morgan fingerprint density at radius 3 is 2.19 bits per heavy atom. The minimum absolute atomic E-state index is 1.19. The molecule has 6 N–H and O–H groups in total. The predicted molar refractivity (Wildman–Crippen MR) is 46.6 cm³/mol. The second-order valence-corrected chi connectivity index (χ2v) is 4.63. The molecule has 96 valence electrons. The SMILES string of the molecule is C[C@@H]1O[C@](O)(OP(=O)(O)O)[C@@H](O)[C@H](O)[C@@H]1O. The molecule has 0 amide bonds. The summed E-state index contributed by atoms with van der Waals surface area (Å²) in [5.41, 5.74) is 0. The second kappa shape index (κ2) is 4.30. The Hall–Kier alpha value is -0.0900. The molecule has 0 aromatic heterocycles. The number of aliphatic hydroxyl groups is 4. The molecule has 1 fully saturated rings. The zero-order chi connectivity index (χ0) is 12.7. The van der Waals surface area contributed by atoms with Crippen molar-refractivity contribution in [1.82, 2.24) is 0 Å². The second-order valence-electron chi connectivity index (χ2n) is 3.46. The molecular weight excluding hydrogens is 247 g/mol. The van der Waals surface area contributed by atoms with Crippen LogP contribution >= 0.6 is 7.82 Å². The van der Waals surface area contributed by atoms with Gasteiger partial charge in [-0.15, -0.1) is 0 Å². The molecule has 0 aromatic rings. The number of aliphatic hydroxyl groups excluding tert-OH is 3. The van der Waals surface area contributed by atoms with Crippen LogP contribution in [-0.4, -0.2) is 60.6 Å². The molecule has 16 heavy (non-hydrogen) atoms. The van der Waals surface area contributed by atoms with Crippen LogP contribution in [0.2, 0.25) is 0 Å². The number of hydrogen-bond donors (Lipinski definition) is 6. The fourth-order valence-electron chi connectivity index (χ4n) is 1.33. The van der Waals surface area contributed by atoms with E-state index in [1.165, 1.54) is 6.92 Å². The normalized spacial score (nSPS) is 45.7. The highest BCUT2D eigenvalue weighted by molar-refractivity contribution is 7.46. The van der Waals surface area contributed by atoms with Gasteiger partial charge in [-0.3, -0.25) is 0 Å². The largest absolute Gasteiger partial charge is 0.474 e. The summed E-state index contributed by atoms with van der Waals surface area (Å²) in [5, 5.41) is 37.3. The molecule has 9 nitrogen and oxygen atoms in total. The Bertz CT molecular complexity index is 302. The molecule has 1 rings (SSSR count). The number of rotatable bonds is 2. The molecule has 0 spiro atoms. The number of phosphoric acid groups is 1. The Balaban J connectivity index is 2.91. The summed E-state index contributed by atoms with van der Waals surface area (Å²) < 4.78 is 18.9. The van der Waals surface area contributed by atoms with Crippen molar-refractivity contribution in [2.24, 2.45) is 0 Å². The molecule has 1 heterocycles. The summed E-state index contributed by atoms with van der Waals surface area (Å²) in [6.07, 6.45) is -6.78. The first-order valence-electron chi connectivity index (χ1n) is 4.27. The lowest BCUT2D eigenvalue weighted by Crippen LogP contribution is -2.64. The first-order valence-corrected chi connectivity index (χ1v) is 5.80. The monoisotopic (exact) mass is 260 g/mol. The van der Waals surface area contributed by atoms with Crippen LogP contribution in [0.1, 0.15) is 6.92 Å². The Morgan fingerprint density at radius 2 is 1.75 bits per heavy atom. The molecule has 1 aliphatic heterocycles. The minimum atomic E-state index is -5.14. The van der Waals surface area contributed by atoms with Gasteiger partial charge in [0.15, 0.2) is 6.10 Å². The van der Waals surface area contributed by atoms with E-state index in [2.05, 4.69) is 9.26 Å². The molecule has 0 aromatic carbocycles. The summed E-state index contributed by atoms with van der Waals surface area (Å²) in [7, 11) is -5.14. The van der Waals surface area contributed by atoms with E-state index in [1.54, 1.807) is 0 Å². The average Bonchev–Trinajstić information content (AvgIpc) is 2.09. The maximum absolute atomic E-state index is 10.5. The molecule has 0 saturated carbocycles. The minimum Gasteiger partial charge on any atom is -0.388 e. The van der Waals surface area contributed by atoms with E-state index in [9.17, 15) is 25.0 Å². The fourth-order valence-corrected chi connectivity index (χ4v) is 1.82. The van der Waals surface area contributed by atoms with Gasteiger partial charge >= 0.3 is 13.8 Å². The summed E-state index contributed by atoms with van der Waals surface area (Å²) >= 11 is 0. The van der Waals surface area contributed by atoms with E-state index in [0.29, 0.717) is 0 Å². The number of ether oxygens (including phenoxy) is 1. The van der Waals surface area contributed by atoms with Crippen LogP contribution in [0, 0.1) is 0 Å². The first-order chi connectivity index (χ1) is 7.07. The van der Waals surface area contributed by atoms with Crippen LogP contribution in [0.15, 0.2) is 0 Å². The van der Waals surface area contributed by atoms with E-state index in [1.807, 2.05) is 0 Å². The Morgan fingerprint density at radius 1 is 1.25 bits per heavy atom. The van der Waals surface area contributed by atoms with Gasteiger partial charge in [-0.05, 0) is 6.92 Å². The van der Waals surface area contributed by atoms with Crippen molar-refractivity contribution >= 4 is 7.82 Å². The van der Waals surface area contributed by atoms with Crippen LogP contribution in [0.25, 0.3) is 0 Å². The topological polar surface area (TPSA) is 157 Å². The van der Waals surface area contributed by atoms with Gasteiger partial charge in [0.1, 0.15) is 12.2 Å². The summed E-state index contributed by atoms with van der Waals surface area (Å²) in [6.45, 7) is 1.22. The van der Waals surface area contributed by atoms with E-state index >= 15 is 0 Å². The third kappa shape index (κ3) is 2.77. The third-order valence-electron chi connectivity index (χ3n) is 2.13. The van der Waals surface area contributed by atoms with Gasteiger partial charge < -0.3 is 34.9 Å². The molecule has 0 radical (unpaired) electrons. The van der Waals surface area contributed by atoms with Gasteiger partial charge in [-0.25, -0.2) is 9.09 Å². The maximum atomic E-state index is 10.5. The highest BCUT2D eigenvalue weighted by Gasteiger charge is 2.55. The lowest BCUT2D eigenvalue weighted by Gasteiger charge is -2.43. The predicted octanol–water partition coefficient (Wildman–Crippen LogP) is -2.76. The summed E-state index contributed by atoms with van der Waals surface area (Å²) in [6, 6.07) is 0. The molecule has 0 unspecified atom stereocenters. The number of phosphoric ester groups is 1. The molecule has 0 aliphatic carbocycles. The van der Waals surface area contributed by atoms with Gasteiger partial charge in [-0.2, -0.15) is 0 Å². The van der Waals surface area contributed by atoms with Gasteiger partial charge in [0, 0.05) is 0 Å². The van der Waals surface area contributed by atoms with Crippen molar-refractivity contribution in [2.45, 2.75) is 37.3 Å². The highest BCUT2D eigenvalue weighted by Crippen LogP contribution is 2.44. The molecule has 1 saturated heterocycles. The van der Waals surface area contributed by atoms with Crippen molar-refractivity contribution in [3.05, 3.63) is 0 Å². The van der Waals surface area contributed by atoms with Crippen LogP contribution < -0.4 is 0 Å². The van der Waals surface area contributed by atoms with Crippen LogP contribution in [-0.2, 0) is 13.8 Å². The van der Waals surface area contributed by atoms with Gasteiger partial charge in [0.2, 0.25) is 0 Å². The van der Waals surface area contributed by atoms with Gasteiger partial charge in [-0.1, -0.05) is 0 Å². The quantitative estimate of drug-likeness (QED) is 0.228. The summed E-state index contributed by atoms with van der Waals surface area (Å²) in [5.74, 6) is -3.07. The van der Waals surface area contributed by atoms with Crippen LogP contribution in [0.3, 0.4) is 0 Å². The molecule has 10 heteroatoms. The Labute approximate surface area is 90.1 Å². The smallest absolute Gasteiger partial charge is 0.388 e. The van der Waals surface area contributed by atoms with Crippen molar-refractivity contribution < 1.29 is 44.0 Å². The van der Waals surface area contributed by atoms with Gasteiger partial charge in [0.25, 0.3) is 0 Å². The van der Waals surface area contributed by atoms with Crippen molar-refractivity contribution in [2.75, 3.05) is 0 Å². The zero-order valence-electron chi connectivity index (χ0n) is 8.16.